The van der Waals surface area contributed by atoms with Gasteiger partial charge in [0.15, 0.2) is 0 Å². The van der Waals surface area contributed by atoms with E-state index in [0.717, 1.165) is 5.69 Å². The second kappa shape index (κ2) is 11.5. The highest BCUT2D eigenvalue weighted by molar-refractivity contribution is 7.17. The summed E-state index contributed by atoms with van der Waals surface area (Å²) in [5.41, 5.74) is 13.7. The summed E-state index contributed by atoms with van der Waals surface area (Å²) < 4.78 is 1.28. The van der Waals surface area contributed by atoms with E-state index < -0.39 is 0 Å². The fraction of sp³-hybridized carbons (Fsp3) is 0. The van der Waals surface area contributed by atoms with Gasteiger partial charge in [0.2, 0.25) is 0 Å². The van der Waals surface area contributed by atoms with E-state index in [4.69, 9.17) is 0 Å². The Hall–Kier alpha value is -6.48. The Morgan fingerprint density at radius 1 is 0.327 bits per heavy atom. The monoisotopic (exact) mass is 677 g/mol. The van der Waals surface area contributed by atoms with E-state index in [-0.39, 0.29) is 0 Å². The number of benzene rings is 9. The molecule has 0 spiro atoms. The van der Waals surface area contributed by atoms with Gasteiger partial charge in [-0.05, 0) is 143 Å². The van der Waals surface area contributed by atoms with E-state index >= 15 is 0 Å². The lowest BCUT2D eigenvalue weighted by atomic mass is 9.77. The van der Waals surface area contributed by atoms with Crippen LogP contribution in [0, 0.1) is 0 Å². The van der Waals surface area contributed by atoms with Crippen molar-refractivity contribution in [1.29, 1.82) is 0 Å². The lowest BCUT2D eigenvalue weighted by molar-refractivity contribution is 1.31. The van der Waals surface area contributed by atoms with Gasteiger partial charge in [-0.2, -0.15) is 0 Å². The molecule has 0 aliphatic heterocycles. The first-order chi connectivity index (χ1) is 25.7. The quantitative estimate of drug-likeness (QED) is 0.175. The van der Waals surface area contributed by atoms with Crippen LogP contribution in [0.2, 0.25) is 0 Å². The van der Waals surface area contributed by atoms with Crippen molar-refractivity contribution < 1.29 is 0 Å². The van der Waals surface area contributed by atoms with Crippen molar-refractivity contribution in [3.05, 3.63) is 187 Å². The molecule has 2 heteroatoms. The van der Waals surface area contributed by atoms with Crippen LogP contribution in [0.1, 0.15) is 0 Å². The molecule has 1 aliphatic rings. The molecule has 1 heterocycles. The van der Waals surface area contributed by atoms with Gasteiger partial charge >= 0.3 is 0 Å². The van der Waals surface area contributed by atoms with Crippen molar-refractivity contribution in [2.75, 3.05) is 4.90 Å². The van der Waals surface area contributed by atoms with E-state index in [1.54, 1.807) is 11.3 Å². The maximum absolute atomic E-state index is 2.48. The van der Waals surface area contributed by atoms with Crippen molar-refractivity contribution in [2.24, 2.45) is 0 Å². The van der Waals surface area contributed by atoms with Crippen molar-refractivity contribution in [3.8, 4) is 44.5 Å². The highest BCUT2D eigenvalue weighted by Crippen LogP contribution is 2.52. The van der Waals surface area contributed by atoms with Crippen molar-refractivity contribution in [1.82, 2.24) is 0 Å². The average molecular weight is 678 g/mol. The van der Waals surface area contributed by atoms with Crippen LogP contribution in [0.5, 0.6) is 0 Å². The third-order valence-corrected chi connectivity index (χ3v) is 11.7. The van der Waals surface area contributed by atoms with Crippen LogP contribution >= 0.6 is 11.3 Å². The van der Waals surface area contributed by atoms with Crippen LogP contribution < -0.4 is 4.90 Å². The van der Waals surface area contributed by atoms with Gasteiger partial charge in [0.1, 0.15) is 0 Å². The molecule has 9 aromatic carbocycles. The van der Waals surface area contributed by atoms with Crippen LogP contribution in [0.25, 0.3) is 86.9 Å². The van der Waals surface area contributed by atoms with Crippen LogP contribution in [0.3, 0.4) is 0 Å². The molecule has 52 heavy (non-hydrogen) atoms. The molecule has 0 saturated carbocycles. The number of rotatable bonds is 5. The van der Waals surface area contributed by atoms with Crippen LogP contribution in [-0.2, 0) is 0 Å². The number of fused-ring (bicyclic) bond motifs is 8. The molecule has 1 aliphatic carbocycles. The number of hydrogen-bond acceptors (Lipinski definition) is 2. The lowest BCUT2D eigenvalue weighted by Crippen LogP contribution is -2.12. The maximum atomic E-state index is 2.48. The third kappa shape index (κ3) is 4.62. The zero-order valence-corrected chi connectivity index (χ0v) is 29.1. The topological polar surface area (TPSA) is 3.24 Å². The van der Waals surface area contributed by atoms with Gasteiger partial charge in [0, 0.05) is 21.3 Å². The summed E-state index contributed by atoms with van der Waals surface area (Å²) in [6, 6.07) is 67.2. The molecule has 1 nitrogen and oxygen atoms in total. The highest BCUT2D eigenvalue weighted by atomic mass is 32.1. The summed E-state index contributed by atoms with van der Waals surface area (Å²) in [7, 11) is 0. The molecular weight excluding hydrogens is 647 g/mol. The summed E-state index contributed by atoms with van der Waals surface area (Å²) in [5, 5.41) is 11.0. The van der Waals surface area contributed by atoms with Gasteiger partial charge in [-0.15, -0.1) is 11.3 Å². The zero-order valence-electron chi connectivity index (χ0n) is 28.3. The Balaban J connectivity index is 1.10. The zero-order chi connectivity index (χ0) is 34.2. The Morgan fingerprint density at radius 2 is 0.942 bits per heavy atom. The van der Waals surface area contributed by atoms with Crippen LogP contribution in [0.4, 0.5) is 17.1 Å². The summed E-state index contributed by atoms with van der Waals surface area (Å²) in [4.78, 5) is 2.48. The smallest absolute Gasteiger partial charge is 0.0554 e. The van der Waals surface area contributed by atoms with E-state index in [2.05, 4.69) is 192 Å². The normalized spacial score (nSPS) is 11.8. The van der Waals surface area contributed by atoms with Crippen molar-refractivity contribution >= 4 is 70.8 Å². The van der Waals surface area contributed by atoms with Gasteiger partial charge in [0.25, 0.3) is 0 Å². The van der Waals surface area contributed by atoms with Crippen LogP contribution in [0.15, 0.2) is 187 Å². The molecule has 0 bridgehead atoms. The third-order valence-electron chi connectivity index (χ3n) is 10.8. The Bertz CT molecular complexity index is 3010. The minimum atomic E-state index is 1.14. The molecule has 0 fully saturated rings. The molecular formula is C50H31NS. The van der Waals surface area contributed by atoms with E-state index in [0.29, 0.717) is 0 Å². The van der Waals surface area contributed by atoms with Gasteiger partial charge < -0.3 is 4.90 Å². The molecule has 242 valence electrons. The molecule has 0 unspecified atom stereocenters. The molecule has 0 radical (unpaired) electrons. The minimum absolute atomic E-state index is 1.14. The molecule has 1 aromatic heterocycles. The fourth-order valence-corrected chi connectivity index (χ4v) is 9.01. The maximum Gasteiger partial charge on any atom is 0.0554 e. The Morgan fingerprint density at radius 3 is 1.71 bits per heavy atom. The summed E-state index contributed by atoms with van der Waals surface area (Å²) in [5.74, 6) is 0. The molecule has 0 saturated heterocycles. The molecule has 0 amide bonds. The predicted molar refractivity (Wildman–Crippen MR) is 224 cm³/mol. The van der Waals surface area contributed by atoms with Gasteiger partial charge in [-0.1, -0.05) is 115 Å². The van der Waals surface area contributed by atoms with E-state index in [1.807, 2.05) is 0 Å². The van der Waals surface area contributed by atoms with Gasteiger partial charge in [-0.3, -0.25) is 0 Å². The van der Waals surface area contributed by atoms with E-state index in [1.165, 1.54) is 98.3 Å². The first kappa shape index (κ1) is 29.3. The Labute approximate surface area is 306 Å². The predicted octanol–water partition coefficient (Wildman–Crippen LogP) is 14.8. The highest BCUT2D eigenvalue weighted by Gasteiger charge is 2.25. The number of nitrogens with zero attached hydrogens (tertiary/aromatic N) is 1. The van der Waals surface area contributed by atoms with Gasteiger partial charge in [-0.25, -0.2) is 0 Å². The molecule has 0 N–H and O–H groups in total. The SMILES string of the molecule is c1ccc(-c2ccc3cc4c(cc3c2)-c2cc3cc(N(c5cc6sccc6cc5-c5ccccc5)c5cccc6ccccc56)ccc3cc2-4)cc1. The summed E-state index contributed by atoms with van der Waals surface area (Å²) >= 11 is 1.80. The first-order valence-corrected chi connectivity index (χ1v) is 18.7. The standard InChI is InChI=1S/C50H31NS/c1-3-10-32(11-4-1)35-18-19-36-26-44-45-27-37-20-21-41(25-40(37)30-47(45)46(44)29-39(36)24-35)51(48-17-9-15-33-14-7-8-16-42(33)48)49-31-50-38(22-23-52-50)28-43(49)34-12-5-2-6-13-34/h1-31H. The first-order valence-electron chi connectivity index (χ1n) is 17.8. The largest absolute Gasteiger partial charge is 0.309 e. The Kier molecular flexibility index (Phi) is 6.49. The van der Waals surface area contributed by atoms with E-state index in [9.17, 15) is 0 Å². The molecule has 11 rings (SSSR count). The fourth-order valence-electron chi connectivity index (χ4n) is 8.20. The lowest BCUT2D eigenvalue weighted by Gasteiger charge is -2.30. The number of hydrogen-bond donors (Lipinski definition) is 0. The molecule has 0 atom stereocenters. The molecule has 10 aromatic rings. The summed E-state index contributed by atoms with van der Waals surface area (Å²) in [6.07, 6.45) is 0. The van der Waals surface area contributed by atoms with Crippen molar-refractivity contribution in [2.45, 2.75) is 0 Å². The minimum Gasteiger partial charge on any atom is -0.309 e. The average Bonchev–Trinajstić information content (AvgIpc) is 3.68. The number of thiophene rings is 1. The summed E-state index contributed by atoms with van der Waals surface area (Å²) in [6.45, 7) is 0. The van der Waals surface area contributed by atoms with Crippen LogP contribution in [-0.4, -0.2) is 0 Å². The second-order valence-electron chi connectivity index (χ2n) is 13.8. The second-order valence-corrected chi connectivity index (χ2v) is 14.7. The van der Waals surface area contributed by atoms with Gasteiger partial charge in [0.05, 0.1) is 11.4 Å². The van der Waals surface area contributed by atoms with Crippen molar-refractivity contribution in [3.63, 3.8) is 0 Å². The number of anilines is 3.